The van der Waals surface area contributed by atoms with Crippen molar-refractivity contribution in [3.8, 4) is 61.3 Å². The summed E-state index contributed by atoms with van der Waals surface area (Å²) in [7, 11) is 0. The van der Waals surface area contributed by atoms with Gasteiger partial charge in [-0.2, -0.15) is 0 Å². The van der Waals surface area contributed by atoms with Crippen molar-refractivity contribution < 1.29 is 0 Å². The minimum Gasteiger partial charge on any atom is -0.310 e. The van der Waals surface area contributed by atoms with Crippen LogP contribution >= 0.6 is 0 Å². The predicted molar refractivity (Wildman–Crippen MR) is 287 cm³/mol. The predicted octanol–water partition coefficient (Wildman–Crippen LogP) is 17.9. The zero-order chi connectivity index (χ0) is 45.7. The van der Waals surface area contributed by atoms with Crippen LogP contribution in [0.2, 0.25) is 0 Å². The van der Waals surface area contributed by atoms with E-state index in [1.54, 1.807) is 0 Å². The number of anilines is 3. The lowest BCUT2D eigenvalue weighted by atomic mass is 9.81. The van der Waals surface area contributed by atoms with E-state index >= 15 is 0 Å². The third kappa shape index (κ3) is 6.10. The van der Waals surface area contributed by atoms with Crippen LogP contribution < -0.4 is 4.90 Å². The Morgan fingerprint density at radius 1 is 0.324 bits per heavy atom. The second kappa shape index (κ2) is 15.2. The monoisotopic (exact) mass is 870 g/mol. The summed E-state index contributed by atoms with van der Waals surface area (Å²) in [5.41, 5.74) is 24.8. The first-order valence-corrected chi connectivity index (χ1v) is 23.9. The van der Waals surface area contributed by atoms with Gasteiger partial charge in [-0.25, -0.2) is 0 Å². The highest BCUT2D eigenvalue weighted by molar-refractivity contribution is 6.13. The van der Waals surface area contributed by atoms with Crippen LogP contribution in [0.25, 0.3) is 83.1 Å². The van der Waals surface area contributed by atoms with Crippen molar-refractivity contribution in [2.45, 2.75) is 38.5 Å². The Balaban J connectivity index is 0.879. The van der Waals surface area contributed by atoms with Gasteiger partial charge in [-0.15, -0.1) is 0 Å². The van der Waals surface area contributed by atoms with E-state index in [0.717, 1.165) is 17.1 Å². The van der Waals surface area contributed by atoms with E-state index in [9.17, 15) is 0 Å². The average Bonchev–Trinajstić information content (AvgIpc) is 3.94. The maximum Gasteiger partial charge on any atom is 0.0588 e. The fraction of sp³-hybridized carbons (Fsp3) is 0.0909. The van der Waals surface area contributed by atoms with Gasteiger partial charge in [-0.3, -0.25) is 0 Å². The number of rotatable bonds is 7. The molecule has 0 spiro atoms. The molecule has 2 aliphatic rings. The molecule has 0 unspecified atom stereocenters. The van der Waals surface area contributed by atoms with Crippen LogP contribution in [0.5, 0.6) is 0 Å². The fourth-order valence-corrected chi connectivity index (χ4v) is 11.8. The SMILES string of the molecule is CC1(C)c2ccccc2-c2ccc(N(c3ccc(-c4ccccc4)cc3)c3cccc(-c4cccc(-c5ccc(-n6c7ccccc7c7ccc8c(c76)C(C)(C)c6ccccc6-8)cc5)c4)c3)cc21. The molecule has 0 saturated heterocycles. The van der Waals surface area contributed by atoms with Crippen molar-refractivity contribution in [2.75, 3.05) is 4.90 Å². The molecule has 2 aliphatic carbocycles. The molecule has 13 rings (SSSR count). The topological polar surface area (TPSA) is 8.17 Å². The molecule has 0 atom stereocenters. The van der Waals surface area contributed by atoms with Gasteiger partial charge in [0.25, 0.3) is 0 Å². The number of fused-ring (bicyclic) bond motifs is 10. The molecule has 0 bridgehead atoms. The van der Waals surface area contributed by atoms with Crippen LogP contribution in [0.3, 0.4) is 0 Å². The number of benzene rings is 10. The standard InChI is InChI=1S/C66H50N2/c1-65(2)59-25-11-8-22-53(59)55-37-36-52(42-61(55)65)67(49-32-28-44(29-33-49)43-16-6-5-7-17-43)51-21-15-20-48(41-51)47-19-14-18-46(40-47)45-30-34-50(35-31-45)68-62-27-13-10-24-56(62)58-39-38-57-54-23-9-12-26-60(54)66(3,4)63(57)64(58)68/h5-42H,1-4H3. The highest BCUT2D eigenvalue weighted by atomic mass is 15.1. The number of hydrogen-bond acceptors (Lipinski definition) is 1. The molecule has 2 heteroatoms. The Morgan fingerprint density at radius 2 is 0.838 bits per heavy atom. The van der Waals surface area contributed by atoms with Crippen LogP contribution in [-0.2, 0) is 10.8 Å². The maximum atomic E-state index is 2.50. The lowest BCUT2D eigenvalue weighted by molar-refractivity contribution is 0.660. The molecule has 11 aromatic rings. The number of hydrogen-bond donors (Lipinski definition) is 0. The number of nitrogens with zero attached hydrogens (tertiary/aromatic N) is 2. The minimum atomic E-state index is -0.135. The molecule has 0 N–H and O–H groups in total. The summed E-state index contributed by atoms with van der Waals surface area (Å²) >= 11 is 0. The van der Waals surface area contributed by atoms with Gasteiger partial charge in [-0.05, 0) is 139 Å². The summed E-state index contributed by atoms with van der Waals surface area (Å²) in [6, 6.07) is 85.3. The van der Waals surface area contributed by atoms with Crippen molar-refractivity contribution in [1.29, 1.82) is 0 Å². The molecule has 0 radical (unpaired) electrons. The summed E-state index contributed by atoms with van der Waals surface area (Å²) in [4.78, 5) is 2.42. The largest absolute Gasteiger partial charge is 0.310 e. The Bertz CT molecular complexity index is 3770. The zero-order valence-corrected chi connectivity index (χ0v) is 38.8. The van der Waals surface area contributed by atoms with E-state index in [0.29, 0.717) is 0 Å². The van der Waals surface area contributed by atoms with E-state index in [-0.39, 0.29) is 10.8 Å². The van der Waals surface area contributed by atoms with Gasteiger partial charge < -0.3 is 9.47 Å². The zero-order valence-electron chi connectivity index (χ0n) is 38.8. The van der Waals surface area contributed by atoms with Crippen LogP contribution in [0.4, 0.5) is 17.1 Å². The van der Waals surface area contributed by atoms with Gasteiger partial charge in [0.05, 0.1) is 11.0 Å². The highest BCUT2D eigenvalue weighted by Gasteiger charge is 2.39. The Labute approximate surface area is 399 Å². The van der Waals surface area contributed by atoms with E-state index in [1.165, 1.54) is 105 Å². The molecule has 68 heavy (non-hydrogen) atoms. The Morgan fingerprint density at radius 3 is 1.60 bits per heavy atom. The third-order valence-electron chi connectivity index (χ3n) is 15.2. The molecular formula is C66H50N2. The van der Waals surface area contributed by atoms with Crippen LogP contribution in [0.1, 0.15) is 49.9 Å². The second-order valence-corrected chi connectivity index (χ2v) is 19.7. The first-order valence-electron chi connectivity index (χ1n) is 23.9. The molecule has 0 amide bonds. The van der Waals surface area contributed by atoms with Gasteiger partial charge in [0.2, 0.25) is 0 Å². The van der Waals surface area contributed by atoms with Crippen LogP contribution in [0.15, 0.2) is 231 Å². The maximum absolute atomic E-state index is 2.50. The first-order chi connectivity index (χ1) is 33.2. The van der Waals surface area contributed by atoms with Crippen molar-refractivity contribution in [3.63, 3.8) is 0 Å². The summed E-state index contributed by atoms with van der Waals surface area (Å²) < 4.78 is 2.50. The molecule has 0 saturated carbocycles. The Hall–Kier alpha value is -8.20. The van der Waals surface area contributed by atoms with Crippen LogP contribution in [-0.4, -0.2) is 4.57 Å². The molecule has 324 valence electrons. The quantitative estimate of drug-likeness (QED) is 0.155. The second-order valence-electron chi connectivity index (χ2n) is 19.7. The first kappa shape index (κ1) is 40.1. The molecule has 1 aromatic heterocycles. The minimum absolute atomic E-state index is 0.113. The normalized spacial score (nSPS) is 13.8. The summed E-state index contributed by atoms with van der Waals surface area (Å²) in [6.07, 6.45) is 0. The third-order valence-corrected chi connectivity index (χ3v) is 15.2. The molecule has 2 nitrogen and oxygen atoms in total. The average molecular weight is 871 g/mol. The lowest BCUT2D eigenvalue weighted by Gasteiger charge is -2.28. The molecular weight excluding hydrogens is 821 g/mol. The van der Waals surface area contributed by atoms with Crippen molar-refractivity contribution in [1.82, 2.24) is 4.57 Å². The van der Waals surface area contributed by atoms with E-state index in [2.05, 4.69) is 268 Å². The van der Waals surface area contributed by atoms with E-state index in [4.69, 9.17) is 0 Å². The molecule has 0 fully saturated rings. The summed E-state index contributed by atoms with van der Waals surface area (Å²) in [5.74, 6) is 0. The highest BCUT2D eigenvalue weighted by Crippen LogP contribution is 2.54. The van der Waals surface area contributed by atoms with Gasteiger partial charge in [0, 0.05) is 44.4 Å². The summed E-state index contributed by atoms with van der Waals surface area (Å²) in [5, 5.41) is 2.58. The van der Waals surface area contributed by atoms with Crippen molar-refractivity contribution in [2.24, 2.45) is 0 Å². The van der Waals surface area contributed by atoms with Gasteiger partial charge in [-0.1, -0.05) is 198 Å². The fourth-order valence-electron chi connectivity index (χ4n) is 11.8. The number of aromatic nitrogens is 1. The smallest absolute Gasteiger partial charge is 0.0588 e. The Kier molecular flexibility index (Phi) is 8.95. The van der Waals surface area contributed by atoms with E-state index in [1.807, 2.05) is 0 Å². The van der Waals surface area contributed by atoms with Crippen molar-refractivity contribution >= 4 is 38.9 Å². The molecule has 10 aromatic carbocycles. The van der Waals surface area contributed by atoms with Gasteiger partial charge in [0.15, 0.2) is 0 Å². The van der Waals surface area contributed by atoms with Gasteiger partial charge in [0.1, 0.15) is 0 Å². The lowest BCUT2D eigenvalue weighted by Crippen LogP contribution is -2.16. The number of para-hydroxylation sites is 1. The van der Waals surface area contributed by atoms with Gasteiger partial charge >= 0.3 is 0 Å². The summed E-state index contributed by atoms with van der Waals surface area (Å²) in [6.45, 7) is 9.49. The van der Waals surface area contributed by atoms with Crippen LogP contribution in [0, 0.1) is 0 Å². The molecule has 0 aliphatic heterocycles. The molecule has 1 heterocycles. The van der Waals surface area contributed by atoms with Crippen molar-refractivity contribution in [3.05, 3.63) is 253 Å². The van der Waals surface area contributed by atoms with E-state index < -0.39 is 0 Å².